The third-order valence-corrected chi connectivity index (χ3v) is 11.7. The third kappa shape index (κ3) is 5.03. The summed E-state index contributed by atoms with van der Waals surface area (Å²) in [5.74, 6) is -7.00. The summed E-state index contributed by atoms with van der Waals surface area (Å²) in [5, 5.41) is 35.1. The van der Waals surface area contributed by atoms with Crippen LogP contribution in [0.3, 0.4) is 0 Å². The molecule has 2 saturated heterocycles. The maximum Gasteiger partial charge on any atom is 0.348 e. The number of carbonyl (C=O) groups excluding carboxylic acids is 3. The first-order valence-corrected chi connectivity index (χ1v) is 15.3. The van der Waals surface area contributed by atoms with Gasteiger partial charge in [-0.05, 0) is 43.1 Å². The van der Waals surface area contributed by atoms with Crippen molar-refractivity contribution in [2.45, 2.75) is 104 Å². The molecular weight excluding hydrogens is 645 g/mol. The molecule has 44 heavy (non-hydrogen) atoms. The van der Waals surface area contributed by atoms with E-state index in [2.05, 4.69) is 6.92 Å². The summed E-state index contributed by atoms with van der Waals surface area (Å²) < 4.78 is 24.3. The summed E-state index contributed by atoms with van der Waals surface area (Å²) in [6.07, 6.45) is -2.49. The maximum atomic E-state index is 13.7. The van der Waals surface area contributed by atoms with Crippen LogP contribution in [0.2, 0.25) is 0 Å². The van der Waals surface area contributed by atoms with Crippen molar-refractivity contribution in [2.75, 3.05) is 13.2 Å². The van der Waals surface area contributed by atoms with Gasteiger partial charge in [0.25, 0.3) is 0 Å². The first-order chi connectivity index (χ1) is 19.5. The molecule has 5 aliphatic rings. The van der Waals surface area contributed by atoms with Gasteiger partial charge >= 0.3 is 11.9 Å². The zero-order chi connectivity index (χ0) is 31.2. The molecule has 0 aromatic heterocycles. The average Bonchev–Trinajstić information content (AvgIpc) is 3.19. The Morgan fingerprint density at radius 1 is 1.23 bits per heavy atom. The minimum atomic E-state index is -2.06. The van der Waals surface area contributed by atoms with Crippen LogP contribution < -0.4 is 0 Å². The minimum absolute atomic E-state index is 0. The quantitative estimate of drug-likeness (QED) is 0.256. The van der Waals surface area contributed by atoms with Crippen LogP contribution in [0.25, 0.3) is 0 Å². The van der Waals surface area contributed by atoms with Crippen LogP contribution in [0.1, 0.15) is 67.7 Å². The van der Waals surface area contributed by atoms with E-state index < -0.39 is 76.3 Å². The van der Waals surface area contributed by atoms with Gasteiger partial charge in [-0.3, -0.25) is 9.59 Å². The number of fused-ring (bicyclic) bond motifs is 1. The Morgan fingerprint density at radius 3 is 2.41 bits per heavy atom. The zero-order valence-corrected chi connectivity index (χ0v) is 30.2. The van der Waals surface area contributed by atoms with Crippen molar-refractivity contribution >= 4 is 17.7 Å². The van der Waals surface area contributed by atoms with E-state index >= 15 is 0 Å². The number of ether oxygens (including phenoxy) is 4. The van der Waals surface area contributed by atoms with Crippen LogP contribution in [0.5, 0.6) is 0 Å². The van der Waals surface area contributed by atoms with Gasteiger partial charge in [-0.25, -0.2) is 4.79 Å². The number of ketones is 1. The number of allylic oxidation sites excluding steroid dienone is 1. The largest absolute Gasteiger partial charge is 0.459 e. The average molecular weight is 696 g/mol. The van der Waals surface area contributed by atoms with Gasteiger partial charge in [-0.2, -0.15) is 6.42 Å². The van der Waals surface area contributed by atoms with Gasteiger partial charge < -0.3 is 48.6 Å². The Morgan fingerprint density at radius 2 is 1.84 bits per heavy atom. The maximum absolute atomic E-state index is 13.7. The molecule has 2 bridgehead atoms. The van der Waals surface area contributed by atoms with E-state index in [0.717, 1.165) is 5.57 Å². The molecule has 2 aliphatic heterocycles. The minimum Gasteiger partial charge on any atom is -0.459 e. The summed E-state index contributed by atoms with van der Waals surface area (Å²) in [4.78, 5) is 40.5. The molecule has 247 valence electrons. The predicted octanol–water partition coefficient (Wildman–Crippen LogP) is 2.82. The second-order valence-corrected chi connectivity index (χ2v) is 14.3. The summed E-state index contributed by atoms with van der Waals surface area (Å²) in [6.45, 7) is 16.7. The second kappa shape index (κ2) is 12.7. The third-order valence-electron chi connectivity index (χ3n) is 11.7. The molecule has 2 heterocycles. The molecule has 3 N–H and O–H groups in total. The normalized spacial score (nSPS) is 42.4. The molecule has 2 saturated carbocycles. The van der Waals surface area contributed by atoms with E-state index in [9.17, 15) is 29.7 Å². The summed E-state index contributed by atoms with van der Waals surface area (Å²) in [6, 6.07) is 0. The van der Waals surface area contributed by atoms with Crippen LogP contribution in [0.15, 0.2) is 11.6 Å². The molecule has 0 amide bonds. The molecule has 5 rings (SSSR count). The Labute approximate surface area is 286 Å². The number of aliphatic hydroxyl groups is 3. The first kappa shape index (κ1) is 37.7. The Hall–Kier alpha value is -0.746. The van der Waals surface area contributed by atoms with Crippen molar-refractivity contribution < 1.29 is 81.4 Å². The molecule has 11 heteroatoms. The summed E-state index contributed by atoms with van der Waals surface area (Å²) in [5.41, 5.74) is -2.69. The first-order valence-electron chi connectivity index (χ1n) is 15.3. The number of aliphatic hydroxyl groups excluding tert-OH is 1. The molecule has 10 nitrogen and oxygen atoms in total. The van der Waals surface area contributed by atoms with Crippen LogP contribution in [-0.2, 0) is 66.0 Å². The van der Waals surface area contributed by atoms with Gasteiger partial charge in [-0.15, -0.1) is 0 Å². The van der Waals surface area contributed by atoms with Gasteiger partial charge in [0, 0.05) is 62.0 Å². The standard InChI is InChI=1S/C32H47O10.CH3.Y/c1-9-10-39-26-20(33)11-17(6)19-12-21-30-14-40-32(38,28(30)29(19,26)8)25(35)18(7)23(30)24(27(36)41-21)42-22(34)13-31(37,15(2)3)16(4)5;;/h11,15-16,18-19,21,23-26,28,35,37-38H,1,9-10,12-14H2,2-8H3;1H3;/q2*-1;/t18-,19+,21-,23?,24?,25-,26-,28?,29-,30+,32+;;/m1../s1. The van der Waals surface area contributed by atoms with Crippen molar-refractivity contribution in [3.05, 3.63) is 26.0 Å². The van der Waals surface area contributed by atoms with Crippen LogP contribution in [0.4, 0.5) is 0 Å². The van der Waals surface area contributed by atoms with E-state index in [4.69, 9.17) is 18.9 Å². The fraction of sp³-hybridized carbons (Fsp3) is 0.788. The SMILES string of the molecule is [CH2-]CCO[C@@H]1C(=O)C=C(C)[C@@H]2C[C@H]3OC(=O)C(OC(=O)CC(O)(C(C)C)C(C)C)C4[C@@H](C)[C@@H](O)[C@]5(O)OC[C@@]43C5[C@@]12C.[CH3-].[Y]. The van der Waals surface area contributed by atoms with Crippen molar-refractivity contribution in [1.82, 2.24) is 0 Å². The number of hydrogen-bond acceptors (Lipinski definition) is 10. The fourth-order valence-electron chi connectivity index (χ4n) is 9.67. The van der Waals surface area contributed by atoms with E-state index in [-0.39, 0.29) is 83.3 Å². The number of rotatable bonds is 8. The molecular formula is C33H50O10Y-2. The van der Waals surface area contributed by atoms with E-state index in [1.807, 2.05) is 41.5 Å². The van der Waals surface area contributed by atoms with Gasteiger partial charge in [0.05, 0.1) is 18.6 Å². The van der Waals surface area contributed by atoms with E-state index in [0.29, 0.717) is 12.8 Å². The Bertz CT molecular complexity index is 1160. The van der Waals surface area contributed by atoms with Crippen molar-refractivity contribution in [1.29, 1.82) is 0 Å². The van der Waals surface area contributed by atoms with Crippen molar-refractivity contribution in [3.63, 3.8) is 0 Å². The molecule has 3 unspecified atom stereocenters. The molecule has 1 radical (unpaired) electrons. The number of hydrogen-bond donors (Lipinski definition) is 3. The summed E-state index contributed by atoms with van der Waals surface area (Å²) >= 11 is 0. The molecule has 3 aliphatic carbocycles. The second-order valence-electron chi connectivity index (χ2n) is 14.3. The van der Waals surface area contributed by atoms with Gasteiger partial charge in [0.2, 0.25) is 6.10 Å². The van der Waals surface area contributed by atoms with E-state index in [1.54, 1.807) is 13.0 Å². The topological polar surface area (TPSA) is 149 Å². The molecule has 4 fully saturated rings. The Kier molecular flexibility index (Phi) is 10.9. The van der Waals surface area contributed by atoms with Crippen LogP contribution in [0, 0.1) is 60.7 Å². The zero-order valence-electron chi connectivity index (χ0n) is 27.4. The number of esters is 2. The van der Waals surface area contributed by atoms with Crippen molar-refractivity contribution in [2.24, 2.45) is 46.3 Å². The molecule has 11 atom stereocenters. The van der Waals surface area contributed by atoms with Gasteiger partial charge in [0.15, 0.2) is 11.6 Å². The summed E-state index contributed by atoms with van der Waals surface area (Å²) in [7, 11) is 0. The molecule has 1 spiro atoms. The monoisotopic (exact) mass is 695 g/mol. The van der Waals surface area contributed by atoms with Crippen LogP contribution >= 0.6 is 0 Å². The van der Waals surface area contributed by atoms with Gasteiger partial charge in [0.1, 0.15) is 18.3 Å². The molecule has 0 aromatic rings. The molecule has 0 aromatic carbocycles. The predicted molar refractivity (Wildman–Crippen MR) is 156 cm³/mol. The van der Waals surface area contributed by atoms with E-state index in [1.165, 1.54) is 0 Å². The van der Waals surface area contributed by atoms with Gasteiger partial charge in [-0.1, -0.05) is 47.1 Å². The van der Waals surface area contributed by atoms with Crippen molar-refractivity contribution in [3.8, 4) is 0 Å². The number of carbonyl (C=O) groups is 3. The Balaban J connectivity index is 0.00000264. The smallest absolute Gasteiger partial charge is 0.348 e. The van der Waals surface area contributed by atoms with Crippen LogP contribution in [-0.4, -0.2) is 82.1 Å². The fourth-order valence-corrected chi connectivity index (χ4v) is 9.67.